The molecule has 15 heteroatoms. The third-order valence-corrected chi connectivity index (χ3v) is 8.19. The highest BCUT2D eigenvalue weighted by Crippen LogP contribution is 2.34. The van der Waals surface area contributed by atoms with Crippen molar-refractivity contribution in [2.45, 2.75) is 44.9 Å². The molecule has 41 heavy (non-hydrogen) atoms. The molecule has 3 aromatic heterocycles. The van der Waals surface area contributed by atoms with E-state index in [1.807, 2.05) is 0 Å². The number of nitrogens with zero attached hydrogens (tertiary/aromatic N) is 5. The third kappa shape index (κ3) is 5.37. The largest absolute Gasteiger partial charge is 0.496 e. The van der Waals surface area contributed by atoms with E-state index in [-0.39, 0.29) is 41.1 Å². The van der Waals surface area contributed by atoms with Crippen LogP contribution >= 0.6 is 11.3 Å². The van der Waals surface area contributed by atoms with E-state index in [1.54, 1.807) is 6.92 Å². The fourth-order valence-corrected chi connectivity index (χ4v) is 6.17. The molecule has 2 N–H and O–H groups in total. The van der Waals surface area contributed by atoms with Crippen molar-refractivity contribution in [3.63, 3.8) is 0 Å². The Morgan fingerprint density at radius 2 is 2.02 bits per heavy atom. The van der Waals surface area contributed by atoms with Crippen molar-refractivity contribution >= 4 is 33.4 Å². The summed E-state index contributed by atoms with van der Waals surface area (Å²) in [7, 11) is 1.39. The Bertz CT molecular complexity index is 1730. The molecule has 1 aliphatic rings. The maximum Gasteiger partial charge on any atom is 0.332 e. The summed E-state index contributed by atoms with van der Waals surface area (Å²) in [5, 5.41) is 20.9. The van der Waals surface area contributed by atoms with E-state index in [0.717, 1.165) is 15.9 Å². The summed E-state index contributed by atoms with van der Waals surface area (Å²) >= 11 is 1.10. The quantitative estimate of drug-likeness (QED) is 0.283. The van der Waals surface area contributed by atoms with Gasteiger partial charge < -0.3 is 19.9 Å². The van der Waals surface area contributed by atoms with Crippen molar-refractivity contribution in [2.75, 3.05) is 20.3 Å². The van der Waals surface area contributed by atoms with E-state index in [4.69, 9.17) is 14.6 Å². The van der Waals surface area contributed by atoms with Crippen LogP contribution in [0.15, 0.2) is 40.2 Å². The molecule has 0 aliphatic carbocycles. The number of hydrogen-bond donors (Lipinski definition) is 2. The summed E-state index contributed by atoms with van der Waals surface area (Å²) in [4.78, 5) is 53.6. The molecule has 1 saturated heterocycles. The molecule has 216 valence electrons. The first-order chi connectivity index (χ1) is 19.7. The van der Waals surface area contributed by atoms with E-state index in [0.29, 0.717) is 30.0 Å². The van der Waals surface area contributed by atoms with E-state index < -0.39 is 41.1 Å². The molecule has 0 saturated carbocycles. The fourth-order valence-electron chi connectivity index (χ4n) is 4.95. The molecule has 1 aromatic carbocycles. The second kappa shape index (κ2) is 11.6. The molecule has 0 bridgehead atoms. The number of carbonyl (C=O) groups excluding carboxylic acids is 1. The fraction of sp³-hybridized carbons (Fsp3) is 0.385. The number of amides is 1. The monoisotopic (exact) mass is 586 g/mol. The van der Waals surface area contributed by atoms with Crippen LogP contribution in [0, 0.1) is 12.7 Å². The highest BCUT2D eigenvalue weighted by atomic mass is 32.1. The summed E-state index contributed by atoms with van der Waals surface area (Å²) in [6, 6.07) is 2.77. The molecule has 1 aliphatic heterocycles. The van der Waals surface area contributed by atoms with Crippen molar-refractivity contribution < 1.29 is 28.6 Å². The minimum absolute atomic E-state index is 0.204. The zero-order chi connectivity index (χ0) is 29.3. The number of fused-ring (bicyclic) bond motifs is 1. The third-order valence-electron chi connectivity index (χ3n) is 6.91. The Hall–Kier alpha value is -4.37. The number of rotatable bonds is 10. The molecule has 4 aromatic rings. The van der Waals surface area contributed by atoms with Crippen molar-refractivity contribution in [1.82, 2.24) is 29.4 Å². The van der Waals surface area contributed by atoms with E-state index >= 15 is 0 Å². The van der Waals surface area contributed by atoms with Crippen molar-refractivity contribution in [1.29, 1.82) is 0 Å². The van der Waals surface area contributed by atoms with Gasteiger partial charge >= 0.3 is 11.7 Å². The van der Waals surface area contributed by atoms with Crippen LogP contribution in [0.25, 0.3) is 15.2 Å². The normalized spacial score (nSPS) is 16.1. The molecule has 1 fully saturated rings. The number of methoxy groups -OCH3 is 1. The van der Waals surface area contributed by atoms with E-state index in [9.17, 15) is 23.6 Å². The predicted octanol–water partition coefficient (Wildman–Crippen LogP) is 1.95. The topological polar surface area (TPSA) is 160 Å². The number of nitrogens with one attached hydrogen (secondary N) is 1. The molecule has 1 unspecified atom stereocenters. The number of hydrogen-bond acceptors (Lipinski definition) is 9. The molecular weight excluding hydrogens is 559 g/mol. The predicted molar refractivity (Wildman–Crippen MR) is 145 cm³/mol. The first-order valence-corrected chi connectivity index (χ1v) is 13.6. The second-order valence-electron chi connectivity index (χ2n) is 9.44. The minimum atomic E-state index is -1.10. The zero-order valence-corrected chi connectivity index (χ0v) is 23.0. The smallest absolute Gasteiger partial charge is 0.332 e. The number of aryl methyl sites for hydroxylation is 1. The lowest BCUT2D eigenvalue weighted by Crippen LogP contribution is -2.49. The van der Waals surface area contributed by atoms with Gasteiger partial charge in [-0.25, -0.2) is 13.8 Å². The lowest BCUT2D eigenvalue weighted by Gasteiger charge is -2.26. The maximum atomic E-state index is 14.4. The molecule has 4 heterocycles. The summed E-state index contributed by atoms with van der Waals surface area (Å²) in [5.41, 5.74) is -0.625. The summed E-state index contributed by atoms with van der Waals surface area (Å²) in [5.74, 6) is -1.87. The average Bonchev–Trinajstić information content (AvgIpc) is 3.59. The molecule has 13 nitrogen and oxygen atoms in total. The lowest BCUT2D eigenvalue weighted by molar-refractivity contribution is -0.138. The summed E-state index contributed by atoms with van der Waals surface area (Å²) < 4.78 is 28.0. The zero-order valence-electron chi connectivity index (χ0n) is 22.2. The number of thiophene rings is 1. The Labute approximate surface area is 235 Å². The first-order valence-electron chi connectivity index (χ1n) is 12.8. The van der Waals surface area contributed by atoms with Gasteiger partial charge in [0.1, 0.15) is 33.5 Å². The van der Waals surface area contributed by atoms with Gasteiger partial charge in [0.15, 0.2) is 0 Å². The van der Waals surface area contributed by atoms with Gasteiger partial charge in [-0.05, 0) is 38.0 Å². The number of aromatic nitrogens is 5. The van der Waals surface area contributed by atoms with Gasteiger partial charge in [0, 0.05) is 17.7 Å². The number of aliphatic carboxylic acids is 1. The van der Waals surface area contributed by atoms with Crippen LogP contribution in [-0.4, -0.2) is 61.4 Å². The highest BCUT2D eigenvalue weighted by Gasteiger charge is 2.32. The van der Waals surface area contributed by atoms with Crippen LogP contribution in [0.4, 0.5) is 4.39 Å². The SMILES string of the molecule is COc1ccc(F)cc1[C@H](Cn1c(=O)n(C2CCCNC2=O)c(=O)c2c(C)c(-n3nccn3)sc21)OCCC(=O)O. The van der Waals surface area contributed by atoms with Gasteiger partial charge in [0.2, 0.25) is 5.91 Å². The van der Waals surface area contributed by atoms with Gasteiger partial charge in [-0.1, -0.05) is 11.3 Å². The number of piperidine rings is 1. The Balaban J connectivity index is 1.74. The number of carbonyl (C=O) groups is 2. The van der Waals surface area contributed by atoms with Gasteiger partial charge in [-0.3, -0.25) is 19.0 Å². The van der Waals surface area contributed by atoms with Crippen LogP contribution in [0.2, 0.25) is 0 Å². The maximum absolute atomic E-state index is 14.4. The van der Waals surface area contributed by atoms with Crippen LogP contribution < -0.4 is 21.3 Å². The van der Waals surface area contributed by atoms with Crippen molar-refractivity contribution in [3.05, 3.63) is 68.4 Å². The van der Waals surface area contributed by atoms with E-state index in [2.05, 4.69) is 15.5 Å². The second-order valence-corrected chi connectivity index (χ2v) is 10.4. The number of benzene rings is 1. The standard InChI is InChI=1S/C26H27FN6O7S/c1-14-21-23(37)32(17-4-3-8-28-22(17)36)26(38)31(25(21)41-24(14)33-29-9-10-30-33)13-19(40-11-7-20(34)35)16-12-15(27)5-6-18(16)39-2/h5-6,9-10,12,17,19H,3-4,7-8,11,13H2,1-2H3,(H,28,36)(H,34,35)/t17?,19-/m0/s1. The van der Waals surface area contributed by atoms with Crippen LogP contribution in [-0.2, 0) is 20.9 Å². The van der Waals surface area contributed by atoms with Crippen molar-refractivity contribution in [2.24, 2.45) is 0 Å². The molecule has 0 spiro atoms. The van der Waals surface area contributed by atoms with Gasteiger partial charge in [-0.15, -0.1) is 4.80 Å². The van der Waals surface area contributed by atoms with Gasteiger partial charge in [0.05, 0.1) is 44.5 Å². The number of carboxylic acids is 1. The highest BCUT2D eigenvalue weighted by molar-refractivity contribution is 7.21. The molecule has 2 atom stereocenters. The summed E-state index contributed by atoms with van der Waals surface area (Å²) in [6.45, 7) is 1.66. The van der Waals surface area contributed by atoms with Crippen LogP contribution in [0.5, 0.6) is 5.75 Å². The first kappa shape index (κ1) is 28.2. The molecule has 5 rings (SSSR count). The van der Waals surface area contributed by atoms with Gasteiger partial charge in [-0.2, -0.15) is 10.2 Å². The number of ether oxygens (including phenoxy) is 2. The Morgan fingerprint density at radius 3 is 2.71 bits per heavy atom. The average molecular weight is 587 g/mol. The molecule has 1 amide bonds. The summed E-state index contributed by atoms with van der Waals surface area (Å²) in [6.07, 6.45) is 2.43. The minimum Gasteiger partial charge on any atom is -0.496 e. The Morgan fingerprint density at radius 1 is 1.27 bits per heavy atom. The van der Waals surface area contributed by atoms with Crippen LogP contribution in [0.3, 0.4) is 0 Å². The number of halogens is 1. The molecular formula is C26H27FN6O7S. The van der Waals surface area contributed by atoms with E-state index in [1.165, 1.54) is 47.1 Å². The van der Waals surface area contributed by atoms with Crippen LogP contribution in [0.1, 0.15) is 42.5 Å². The molecule has 0 radical (unpaired) electrons. The van der Waals surface area contributed by atoms with Crippen molar-refractivity contribution in [3.8, 4) is 10.8 Å². The number of carboxylic acid groups (broad SMARTS) is 1. The Kier molecular flexibility index (Phi) is 7.99. The lowest BCUT2D eigenvalue weighted by atomic mass is 10.1. The van der Waals surface area contributed by atoms with Gasteiger partial charge in [0.25, 0.3) is 5.56 Å².